The largest absolute Gasteiger partial charge is 0.480 e. The number of amides is 1. The minimum absolute atomic E-state index is 0.139. The highest BCUT2D eigenvalue weighted by atomic mass is 32.2. The molecule has 1 aliphatic rings. The van der Waals surface area contributed by atoms with Gasteiger partial charge in [0.15, 0.2) is 0 Å². The van der Waals surface area contributed by atoms with Crippen molar-refractivity contribution in [1.29, 1.82) is 0 Å². The number of carbonyl (C=O) groups excluding carboxylic acids is 1. The molecule has 2 unspecified atom stereocenters. The molecule has 0 radical (unpaired) electrons. The maximum atomic E-state index is 11.6. The van der Waals surface area contributed by atoms with Crippen molar-refractivity contribution in [2.24, 2.45) is 0 Å². The Morgan fingerprint density at radius 3 is 2.62 bits per heavy atom. The highest BCUT2D eigenvalue weighted by Crippen LogP contribution is 2.22. The molecule has 1 amide bonds. The van der Waals surface area contributed by atoms with Gasteiger partial charge in [0, 0.05) is 18.2 Å². The summed E-state index contributed by atoms with van der Waals surface area (Å²) in [4.78, 5) is 22.4. The lowest BCUT2D eigenvalue weighted by atomic mass is 10.1. The minimum Gasteiger partial charge on any atom is -0.480 e. The van der Waals surface area contributed by atoms with Gasteiger partial charge < -0.3 is 10.4 Å². The van der Waals surface area contributed by atoms with E-state index in [1.54, 1.807) is 11.9 Å². The molecule has 0 saturated carbocycles. The average Bonchev–Trinajstić information content (AvgIpc) is 2.85. The second kappa shape index (κ2) is 8.57. The minimum atomic E-state index is -4.46. The van der Waals surface area contributed by atoms with E-state index >= 15 is 0 Å². The summed E-state index contributed by atoms with van der Waals surface area (Å²) in [6.07, 6.45) is 3.69. The molecule has 1 rings (SSSR count). The van der Waals surface area contributed by atoms with Gasteiger partial charge in [-0.25, -0.2) is 4.79 Å². The Balaban J connectivity index is 2.25. The molecule has 8 nitrogen and oxygen atoms in total. The maximum absolute atomic E-state index is 11.6. The molecular formula is C11H20N2O6S2. The zero-order valence-corrected chi connectivity index (χ0v) is 13.1. The third kappa shape index (κ3) is 8.24. The molecule has 10 heteroatoms. The summed E-state index contributed by atoms with van der Waals surface area (Å²) in [5, 5.41) is 11.5. The number of hydrogen-bond donors (Lipinski definition) is 4. The molecule has 0 aromatic carbocycles. The molecule has 0 aromatic rings. The van der Waals surface area contributed by atoms with Crippen LogP contribution in [0.5, 0.6) is 0 Å². The Labute approximate surface area is 127 Å². The molecule has 0 spiro atoms. The van der Waals surface area contributed by atoms with Crippen molar-refractivity contribution in [2.45, 2.75) is 43.4 Å². The molecule has 1 aliphatic heterocycles. The van der Waals surface area contributed by atoms with Gasteiger partial charge in [-0.1, -0.05) is 18.4 Å². The Bertz CT molecular complexity index is 461. The van der Waals surface area contributed by atoms with E-state index in [9.17, 15) is 18.0 Å². The van der Waals surface area contributed by atoms with Gasteiger partial charge in [0.05, 0.1) is 0 Å². The summed E-state index contributed by atoms with van der Waals surface area (Å²) >= 11 is 1.70. The molecule has 4 N–H and O–H groups in total. The first kappa shape index (κ1) is 18.2. The van der Waals surface area contributed by atoms with E-state index < -0.39 is 33.8 Å². The Morgan fingerprint density at radius 2 is 2.10 bits per heavy atom. The highest BCUT2D eigenvalue weighted by molar-refractivity contribution is 7.98. The lowest BCUT2D eigenvalue weighted by Crippen LogP contribution is -2.45. The van der Waals surface area contributed by atoms with Crippen LogP contribution in [0.2, 0.25) is 0 Å². The molecule has 1 fully saturated rings. The Morgan fingerprint density at radius 1 is 1.38 bits per heavy atom. The molecular weight excluding hydrogens is 320 g/mol. The summed E-state index contributed by atoms with van der Waals surface area (Å²) in [5.74, 6) is -3.05. The molecule has 0 aromatic heterocycles. The van der Waals surface area contributed by atoms with Gasteiger partial charge >= 0.3 is 5.97 Å². The van der Waals surface area contributed by atoms with Crippen LogP contribution in [0.4, 0.5) is 0 Å². The lowest BCUT2D eigenvalue weighted by Gasteiger charge is -2.13. The first-order chi connectivity index (χ1) is 9.78. The third-order valence-electron chi connectivity index (χ3n) is 3.01. The van der Waals surface area contributed by atoms with E-state index in [0.29, 0.717) is 11.7 Å². The zero-order valence-electron chi connectivity index (χ0n) is 11.4. The summed E-state index contributed by atoms with van der Waals surface area (Å²) < 4.78 is 33.1. The number of hydrogen-bond acceptors (Lipinski definition) is 6. The van der Waals surface area contributed by atoms with Gasteiger partial charge in [-0.2, -0.15) is 8.42 Å². The number of carboxylic acid groups (broad SMARTS) is 1. The number of carboxylic acids is 1. The van der Waals surface area contributed by atoms with Crippen molar-refractivity contribution >= 4 is 33.9 Å². The van der Waals surface area contributed by atoms with Crippen molar-refractivity contribution in [3.63, 3.8) is 0 Å². The van der Waals surface area contributed by atoms with Crippen LogP contribution >= 0.6 is 11.9 Å². The third-order valence-corrected chi connectivity index (χ3v) is 4.94. The van der Waals surface area contributed by atoms with Gasteiger partial charge in [-0.3, -0.25) is 14.1 Å². The zero-order chi connectivity index (χ0) is 15.9. The van der Waals surface area contributed by atoms with E-state index in [1.165, 1.54) is 0 Å². The predicted molar refractivity (Wildman–Crippen MR) is 78.4 cm³/mol. The number of nitrogens with one attached hydrogen (secondary N) is 2. The van der Waals surface area contributed by atoms with Crippen molar-refractivity contribution in [3.8, 4) is 0 Å². The van der Waals surface area contributed by atoms with E-state index in [-0.39, 0.29) is 6.42 Å². The fourth-order valence-electron chi connectivity index (χ4n) is 1.97. The van der Waals surface area contributed by atoms with Crippen LogP contribution in [-0.4, -0.2) is 53.5 Å². The summed E-state index contributed by atoms with van der Waals surface area (Å²) in [6, 6.07) is -1.62. The SMILES string of the molecule is O=C(CCCCC1CCNS1)NC(CS(=O)(=O)O)C(=O)O. The summed E-state index contributed by atoms with van der Waals surface area (Å²) in [5.41, 5.74) is 0. The van der Waals surface area contributed by atoms with E-state index in [1.807, 2.05) is 0 Å². The topological polar surface area (TPSA) is 133 Å². The molecule has 2 atom stereocenters. The van der Waals surface area contributed by atoms with Crippen LogP contribution in [0.15, 0.2) is 0 Å². The number of carbonyl (C=O) groups is 2. The lowest BCUT2D eigenvalue weighted by molar-refractivity contribution is -0.141. The molecule has 0 bridgehead atoms. The fourth-order valence-corrected chi connectivity index (χ4v) is 3.61. The van der Waals surface area contributed by atoms with Crippen molar-refractivity contribution in [3.05, 3.63) is 0 Å². The van der Waals surface area contributed by atoms with E-state index in [4.69, 9.17) is 9.66 Å². The molecule has 0 aliphatic carbocycles. The van der Waals surface area contributed by atoms with Gasteiger partial charge in [0.1, 0.15) is 11.8 Å². The van der Waals surface area contributed by atoms with Gasteiger partial charge in [-0.15, -0.1) is 0 Å². The number of rotatable bonds is 9. The number of unbranched alkanes of at least 4 members (excludes halogenated alkanes) is 1. The van der Waals surface area contributed by atoms with Crippen LogP contribution in [0, 0.1) is 0 Å². The Kier molecular flexibility index (Phi) is 7.43. The number of aliphatic carboxylic acids is 1. The summed E-state index contributed by atoms with van der Waals surface area (Å²) in [7, 11) is -4.46. The highest BCUT2D eigenvalue weighted by Gasteiger charge is 2.25. The van der Waals surface area contributed by atoms with Crippen molar-refractivity contribution in [1.82, 2.24) is 10.0 Å². The average molecular weight is 340 g/mol. The van der Waals surface area contributed by atoms with Crippen LogP contribution in [0.25, 0.3) is 0 Å². The van der Waals surface area contributed by atoms with Crippen LogP contribution < -0.4 is 10.0 Å². The van der Waals surface area contributed by atoms with Gasteiger partial charge in [-0.05, 0) is 19.3 Å². The maximum Gasteiger partial charge on any atom is 0.327 e. The van der Waals surface area contributed by atoms with Crippen LogP contribution in [0.1, 0.15) is 32.1 Å². The molecule has 21 heavy (non-hydrogen) atoms. The fraction of sp³-hybridized carbons (Fsp3) is 0.818. The second-order valence-electron chi connectivity index (χ2n) is 4.88. The van der Waals surface area contributed by atoms with Crippen molar-refractivity contribution < 1.29 is 27.7 Å². The molecule has 1 heterocycles. The van der Waals surface area contributed by atoms with Crippen LogP contribution in [0.3, 0.4) is 0 Å². The standard InChI is InChI=1S/C11H20N2O6S2/c14-10(4-2-1-3-8-5-6-12-20-8)13-9(11(15)16)7-21(17,18)19/h8-9,12H,1-7H2,(H,13,14)(H,15,16)(H,17,18,19). The summed E-state index contributed by atoms with van der Waals surface area (Å²) in [6.45, 7) is 0.992. The normalized spacial score (nSPS) is 20.1. The predicted octanol–water partition coefficient (Wildman–Crippen LogP) is 0.0141. The van der Waals surface area contributed by atoms with Gasteiger partial charge in [0.2, 0.25) is 5.91 Å². The van der Waals surface area contributed by atoms with Gasteiger partial charge in [0.25, 0.3) is 10.1 Å². The smallest absolute Gasteiger partial charge is 0.327 e. The monoisotopic (exact) mass is 340 g/mol. The first-order valence-electron chi connectivity index (χ1n) is 6.64. The van der Waals surface area contributed by atoms with Crippen LogP contribution in [-0.2, 0) is 19.7 Å². The Hall–Kier alpha value is -0.840. The first-order valence-corrected chi connectivity index (χ1v) is 9.12. The molecule has 122 valence electrons. The molecule has 1 saturated heterocycles. The van der Waals surface area contributed by atoms with E-state index in [0.717, 1.165) is 25.8 Å². The van der Waals surface area contributed by atoms with E-state index in [2.05, 4.69) is 10.0 Å². The second-order valence-corrected chi connectivity index (χ2v) is 7.56. The quantitative estimate of drug-likeness (QED) is 0.262. The van der Waals surface area contributed by atoms with Crippen molar-refractivity contribution in [2.75, 3.05) is 12.3 Å².